The van der Waals surface area contributed by atoms with Crippen LogP contribution in [0.25, 0.3) is 0 Å². The van der Waals surface area contributed by atoms with Crippen molar-refractivity contribution in [1.29, 1.82) is 0 Å². The Morgan fingerprint density at radius 2 is 1.46 bits per heavy atom. The van der Waals surface area contributed by atoms with Crippen LogP contribution in [-0.4, -0.2) is 68.9 Å². The zero-order valence-electron chi connectivity index (χ0n) is 24.5. The van der Waals surface area contributed by atoms with Gasteiger partial charge in [-0.25, -0.2) is 0 Å². The highest BCUT2D eigenvalue weighted by Crippen LogP contribution is 2.53. The van der Waals surface area contributed by atoms with E-state index in [1.54, 1.807) is 0 Å². The molecule has 1 aliphatic carbocycles. The second-order valence-corrected chi connectivity index (χ2v) is 13.5. The van der Waals surface area contributed by atoms with E-state index in [4.69, 9.17) is 0 Å². The molecule has 3 aliphatic rings. The molecule has 2 aliphatic heterocycles. The van der Waals surface area contributed by atoms with E-state index in [0.29, 0.717) is 0 Å². The van der Waals surface area contributed by atoms with Crippen molar-refractivity contribution in [2.45, 2.75) is 59.9 Å². The number of carbonyl (C=O) groups excluding carboxylic acids is 2. The molecule has 6 nitrogen and oxygen atoms in total. The number of hydrogen-bond donors (Lipinski definition) is 1. The Hall–Kier alpha value is -2.86. The molecule has 2 aromatic rings. The number of amides is 1. The Bertz CT molecular complexity index is 1160. The fraction of sp³-hybridized carbons (Fsp3) is 0.576. The zero-order valence-corrected chi connectivity index (χ0v) is 24.5. The smallest absolute Gasteiger partial charge is 0.251 e. The van der Waals surface area contributed by atoms with E-state index < -0.39 is 0 Å². The van der Waals surface area contributed by atoms with E-state index in [1.165, 1.54) is 30.8 Å². The predicted octanol–water partition coefficient (Wildman–Crippen LogP) is 5.40. The van der Waals surface area contributed by atoms with Crippen molar-refractivity contribution in [3.8, 4) is 0 Å². The Kier molecular flexibility index (Phi) is 7.78. The average molecular weight is 531 g/mol. The Morgan fingerprint density at radius 1 is 0.872 bits per heavy atom. The van der Waals surface area contributed by atoms with E-state index in [0.717, 1.165) is 74.6 Å². The van der Waals surface area contributed by atoms with Gasteiger partial charge in [0.1, 0.15) is 6.29 Å². The second-order valence-electron chi connectivity index (χ2n) is 13.5. The van der Waals surface area contributed by atoms with E-state index in [9.17, 15) is 9.59 Å². The fourth-order valence-electron chi connectivity index (χ4n) is 7.65. The van der Waals surface area contributed by atoms with Crippen LogP contribution in [0, 0.1) is 23.7 Å². The average Bonchev–Trinajstić information content (AvgIpc) is 2.92. The molecule has 2 aromatic carbocycles. The second kappa shape index (κ2) is 11.0. The maximum Gasteiger partial charge on any atom is 0.251 e. The largest absolute Gasteiger partial charge is 0.372 e. The molecule has 0 aromatic heterocycles. The number of aryl methyl sites for hydroxylation is 1. The van der Waals surface area contributed by atoms with Gasteiger partial charge in [-0.05, 0) is 91.0 Å². The number of nitrogens with one attached hydrogen (secondary N) is 1. The highest BCUT2D eigenvalue weighted by molar-refractivity contribution is 5.95. The molecule has 3 fully saturated rings. The SMILES string of the molecule is Cc1cc(N2CCN(CC3CCN(c4ccc(C(=O)NC5C(C)(C)CC5(C)C)cc4)CC3)CC2)ccc1C=O. The van der Waals surface area contributed by atoms with Crippen LogP contribution in [0.4, 0.5) is 11.4 Å². The molecular weight excluding hydrogens is 484 g/mol. The number of carbonyl (C=O) groups is 2. The highest BCUT2D eigenvalue weighted by atomic mass is 16.1. The number of anilines is 2. The first-order chi connectivity index (χ1) is 18.6. The van der Waals surface area contributed by atoms with E-state index in [2.05, 4.69) is 72.0 Å². The van der Waals surface area contributed by atoms with Crippen molar-refractivity contribution >= 4 is 23.6 Å². The van der Waals surface area contributed by atoms with Crippen molar-refractivity contribution in [3.05, 3.63) is 59.2 Å². The molecule has 0 unspecified atom stereocenters. The number of piperidine rings is 1. The molecule has 6 heteroatoms. The lowest BCUT2D eigenvalue weighted by Gasteiger charge is -2.57. The molecule has 0 atom stereocenters. The topological polar surface area (TPSA) is 55.9 Å². The summed E-state index contributed by atoms with van der Waals surface area (Å²) >= 11 is 0. The molecule has 1 saturated carbocycles. The summed E-state index contributed by atoms with van der Waals surface area (Å²) in [7, 11) is 0. The van der Waals surface area contributed by atoms with Gasteiger partial charge in [0.15, 0.2) is 0 Å². The quantitative estimate of drug-likeness (QED) is 0.486. The van der Waals surface area contributed by atoms with Gasteiger partial charge >= 0.3 is 0 Å². The van der Waals surface area contributed by atoms with E-state index >= 15 is 0 Å². The third kappa shape index (κ3) is 6.01. The number of hydrogen-bond acceptors (Lipinski definition) is 5. The first-order valence-electron chi connectivity index (χ1n) is 14.7. The Morgan fingerprint density at radius 3 is 2.03 bits per heavy atom. The fourth-order valence-corrected chi connectivity index (χ4v) is 7.65. The van der Waals surface area contributed by atoms with Gasteiger partial charge in [-0.15, -0.1) is 0 Å². The normalized spacial score (nSPS) is 21.9. The monoisotopic (exact) mass is 530 g/mol. The van der Waals surface area contributed by atoms with Crippen molar-refractivity contribution in [3.63, 3.8) is 0 Å². The predicted molar refractivity (Wildman–Crippen MR) is 160 cm³/mol. The van der Waals surface area contributed by atoms with Gasteiger partial charge in [0.05, 0.1) is 0 Å². The van der Waals surface area contributed by atoms with Crippen LogP contribution < -0.4 is 15.1 Å². The summed E-state index contributed by atoms with van der Waals surface area (Å²) in [6, 6.07) is 14.6. The lowest BCUT2D eigenvalue weighted by atomic mass is 9.52. The van der Waals surface area contributed by atoms with Crippen molar-refractivity contribution in [2.75, 3.05) is 55.6 Å². The minimum atomic E-state index is 0.0410. The maximum atomic E-state index is 12.9. The van der Waals surface area contributed by atoms with Crippen molar-refractivity contribution in [1.82, 2.24) is 10.2 Å². The van der Waals surface area contributed by atoms with Crippen molar-refractivity contribution < 1.29 is 9.59 Å². The first-order valence-corrected chi connectivity index (χ1v) is 14.7. The molecule has 1 amide bonds. The Balaban J connectivity index is 1.06. The van der Waals surface area contributed by atoms with Crippen LogP contribution in [-0.2, 0) is 0 Å². The van der Waals surface area contributed by atoms with E-state index in [1.807, 2.05) is 25.1 Å². The summed E-state index contributed by atoms with van der Waals surface area (Å²) in [4.78, 5) is 31.6. The summed E-state index contributed by atoms with van der Waals surface area (Å²) in [6.45, 7) is 18.6. The standard InChI is InChI=1S/C33H46N4O2/c1-24-20-29(11-8-27(24)22-38)37-18-16-35(17-19-37)21-25-12-14-36(15-13-25)28-9-6-26(7-10-28)30(39)34-31-32(2,3)23-33(31,4)5/h6-11,20,22,25,31H,12-19,21,23H2,1-5H3,(H,34,39). The number of nitrogens with zero attached hydrogens (tertiary/aromatic N) is 3. The molecule has 210 valence electrons. The molecule has 5 rings (SSSR count). The van der Waals surface area contributed by atoms with Gasteiger partial charge in [-0.3, -0.25) is 14.5 Å². The van der Waals surface area contributed by atoms with Crippen LogP contribution in [0.3, 0.4) is 0 Å². The molecule has 2 heterocycles. The molecule has 2 saturated heterocycles. The number of piperazine rings is 1. The zero-order chi connectivity index (χ0) is 27.8. The molecule has 1 N–H and O–H groups in total. The van der Waals surface area contributed by atoms with Gasteiger partial charge in [0.25, 0.3) is 5.91 Å². The molecule has 39 heavy (non-hydrogen) atoms. The van der Waals surface area contributed by atoms with E-state index in [-0.39, 0.29) is 22.8 Å². The minimum absolute atomic E-state index is 0.0410. The lowest BCUT2D eigenvalue weighted by Crippen LogP contribution is -2.63. The van der Waals surface area contributed by atoms with Crippen LogP contribution in [0.5, 0.6) is 0 Å². The summed E-state index contributed by atoms with van der Waals surface area (Å²) < 4.78 is 0. The molecule has 0 bridgehead atoms. The molecular formula is C33H46N4O2. The maximum absolute atomic E-state index is 12.9. The summed E-state index contributed by atoms with van der Waals surface area (Å²) in [5, 5.41) is 3.30. The molecule has 0 spiro atoms. The van der Waals surface area contributed by atoms with Gasteiger partial charge in [-0.1, -0.05) is 27.7 Å². The van der Waals surface area contributed by atoms with Crippen molar-refractivity contribution in [2.24, 2.45) is 16.7 Å². The lowest BCUT2D eigenvalue weighted by molar-refractivity contribution is -0.0366. The van der Waals surface area contributed by atoms with Crippen LogP contribution >= 0.6 is 0 Å². The molecule has 0 radical (unpaired) electrons. The minimum Gasteiger partial charge on any atom is -0.372 e. The van der Waals surface area contributed by atoms with Gasteiger partial charge in [0, 0.05) is 74.4 Å². The van der Waals surface area contributed by atoms with Gasteiger partial charge in [-0.2, -0.15) is 0 Å². The summed E-state index contributed by atoms with van der Waals surface area (Å²) in [5.74, 6) is 0.778. The number of aldehydes is 1. The number of rotatable bonds is 7. The third-order valence-corrected chi connectivity index (χ3v) is 9.49. The third-order valence-electron chi connectivity index (χ3n) is 9.49. The summed E-state index contributed by atoms with van der Waals surface area (Å²) in [5.41, 5.74) is 5.34. The van der Waals surface area contributed by atoms with Gasteiger partial charge in [0.2, 0.25) is 0 Å². The van der Waals surface area contributed by atoms with Crippen LogP contribution in [0.2, 0.25) is 0 Å². The van der Waals surface area contributed by atoms with Gasteiger partial charge < -0.3 is 15.1 Å². The highest BCUT2D eigenvalue weighted by Gasteiger charge is 2.53. The first kappa shape index (κ1) is 27.7. The number of benzene rings is 2. The van der Waals surface area contributed by atoms with Crippen LogP contribution in [0.1, 0.15) is 73.2 Å². The summed E-state index contributed by atoms with van der Waals surface area (Å²) in [6.07, 6.45) is 4.49. The Labute approximate surface area is 234 Å². The van der Waals surface area contributed by atoms with Crippen LogP contribution in [0.15, 0.2) is 42.5 Å².